The van der Waals surface area contributed by atoms with Crippen molar-refractivity contribution >= 4 is 0 Å². The van der Waals surface area contributed by atoms with Crippen LogP contribution in [0, 0.1) is 6.92 Å². The molecule has 1 saturated heterocycles. The smallest absolute Gasteiger partial charge is 0.0383 e. The second-order valence-electron chi connectivity index (χ2n) is 4.94. The van der Waals surface area contributed by atoms with Gasteiger partial charge in [0.25, 0.3) is 0 Å². The summed E-state index contributed by atoms with van der Waals surface area (Å²) < 4.78 is 0. The Labute approximate surface area is 92.1 Å². The first-order valence-corrected chi connectivity index (χ1v) is 5.64. The first-order chi connectivity index (χ1) is 7.09. The van der Waals surface area contributed by atoms with E-state index < -0.39 is 0 Å². The van der Waals surface area contributed by atoms with Crippen LogP contribution in [-0.4, -0.2) is 19.1 Å². The molecule has 0 unspecified atom stereocenters. The molecule has 15 heavy (non-hydrogen) atoms. The third kappa shape index (κ3) is 2.21. The van der Waals surface area contributed by atoms with Crippen molar-refractivity contribution in [2.24, 2.45) is 0 Å². The van der Waals surface area contributed by atoms with Gasteiger partial charge in [0.2, 0.25) is 0 Å². The predicted octanol–water partition coefficient (Wildman–Crippen LogP) is 1.79. The molecule has 0 bridgehead atoms. The fraction of sp³-hybridized carbons (Fsp3) is 0.538. The molecule has 0 aliphatic carbocycles. The summed E-state index contributed by atoms with van der Waals surface area (Å²) in [6.45, 7) is 8.88. The molecule has 1 heterocycles. The van der Waals surface area contributed by atoms with Gasteiger partial charge >= 0.3 is 0 Å². The molecule has 1 aromatic rings. The molecule has 2 heteroatoms. The number of rotatable bonds is 3. The van der Waals surface area contributed by atoms with Gasteiger partial charge < -0.3 is 10.6 Å². The molecule has 82 valence electrons. The summed E-state index contributed by atoms with van der Waals surface area (Å²) >= 11 is 0. The van der Waals surface area contributed by atoms with Crippen molar-refractivity contribution in [2.45, 2.75) is 32.4 Å². The van der Waals surface area contributed by atoms with Crippen LogP contribution in [-0.2, 0) is 5.54 Å². The largest absolute Gasteiger partial charge is 0.314 e. The van der Waals surface area contributed by atoms with E-state index in [1.807, 2.05) is 0 Å². The van der Waals surface area contributed by atoms with E-state index in [0.29, 0.717) is 6.04 Å². The van der Waals surface area contributed by atoms with Crippen molar-refractivity contribution in [3.05, 3.63) is 35.4 Å². The zero-order chi connectivity index (χ0) is 10.9. The molecule has 1 aliphatic rings. The number of aryl methyl sites for hydroxylation is 1. The van der Waals surface area contributed by atoms with Crippen molar-refractivity contribution < 1.29 is 0 Å². The van der Waals surface area contributed by atoms with Crippen molar-refractivity contribution in [3.63, 3.8) is 0 Å². The highest BCUT2D eigenvalue weighted by Gasteiger charge is 2.27. The van der Waals surface area contributed by atoms with E-state index in [1.165, 1.54) is 11.1 Å². The summed E-state index contributed by atoms with van der Waals surface area (Å²) in [6, 6.07) is 9.23. The minimum Gasteiger partial charge on any atom is -0.314 e. The van der Waals surface area contributed by atoms with Crippen LogP contribution in [0.4, 0.5) is 0 Å². The van der Waals surface area contributed by atoms with E-state index in [0.717, 1.165) is 13.1 Å². The number of hydrogen-bond donors (Lipinski definition) is 2. The number of benzene rings is 1. The zero-order valence-corrected chi connectivity index (χ0v) is 9.80. The first kappa shape index (κ1) is 10.7. The highest BCUT2D eigenvalue weighted by Crippen LogP contribution is 2.24. The Morgan fingerprint density at radius 2 is 1.93 bits per heavy atom. The predicted molar refractivity (Wildman–Crippen MR) is 64.0 cm³/mol. The molecule has 1 aliphatic heterocycles. The van der Waals surface area contributed by atoms with Crippen molar-refractivity contribution in [3.8, 4) is 0 Å². The maximum absolute atomic E-state index is 3.69. The Hall–Kier alpha value is -0.860. The van der Waals surface area contributed by atoms with E-state index in [-0.39, 0.29) is 5.54 Å². The molecule has 0 radical (unpaired) electrons. The molecule has 0 aromatic heterocycles. The van der Waals surface area contributed by atoms with Gasteiger partial charge in [0.15, 0.2) is 0 Å². The summed E-state index contributed by atoms with van der Waals surface area (Å²) in [5, 5.41) is 6.97. The SMILES string of the molecule is Cc1ccccc1C(C)(C)NC1CNC1. The lowest BCUT2D eigenvalue weighted by molar-refractivity contribution is 0.273. The van der Waals surface area contributed by atoms with Gasteiger partial charge in [-0.1, -0.05) is 24.3 Å². The van der Waals surface area contributed by atoms with Gasteiger partial charge in [-0.15, -0.1) is 0 Å². The average molecular weight is 204 g/mol. The Bertz CT molecular complexity index is 340. The second-order valence-corrected chi connectivity index (χ2v) is 4.94. The van der Waals surface area contributed by atoms with E-state index in [2.05, 4.69) is 55.7 Å². The third-order valence-electron chi connectivity index (χ3n) is 3.16. The quantitative estimate of drug-likeness (QED) is 0.784. The van der Waals surface area contributed by atoms with Gasteiger partial charge in [-0.05, 0) is 31.9 Å². The van der Waals surface area contributed by atoms with Crippen LogP contribution >= 0.6 is 0 Å². The van der Waals surface area contributed by atoms with E-state index >= 15 is 0 Å². The topological polar surface area (TPSA) is 24.1 Å². The van der Waals surface area contributed by atoms with Crippen LogP contribution in [0.2, 0.25) is 0 Å². The molecular formula is C13H20N2. The van der Waals surface area contributed by atoms with Gasteiger partial charge in [-0.2, -0.15) is 0 Å². The highest BCUT2D eigenvalue weighted by molar-refractivity contribution is 5.31. The van der Waals surface area contributed by atoms with Gasteiger partial charge in [0.1, 0.15) is 0 Å². The maximum Gasteiger partial charge on any atom is 0.0383 e. The summed E-state index contributed by atoms with van der Waals surface area (Å²) in [6.07, 6.45) is 0. The van der Waals surface area contributed by atoms with Crippen LogP contribution < -0.4 is 10.6 Å². The van der Waals surface area contributed by atoms with Crippen molar-refractivity contribution in [1.82, 2.24) is 10.6 Å². The summed E-state index contributed by atoms with van der Waals surface area (Å²) in [5.41, 5.74) is 2.83. The number of nitrogens with one attached hydrogen (secondary N) is 2. The molecule has 0 saturated carbocycles. The lowest BCUT2D eigenvalue weighted by Crippen LogP contribution is -2.60. The van der Waals surface area contributed by atoms with Crippen LogP contribution in [0.3, 0.4) is 0 Å². The van der Waals surface area contributed by atoms with E-state index in [4.69, 9.17) is 0 Å². The normalized spacial score (nSPS) is 17.5. The fourth-order valence-corrected chi connectivity index (χ4v) is 2.25. The Morgan fingerprint density at radius 3 is 2.47 bits per heavy atom. The van der Waals surface area contributed by atoms with Gasteiger partial charge in [-0.3, -0.25) is 0 Å². The lowest BCUT2D eigenvalue weighted by Gasteiger charge is -2.38. The van der Waals surface area contributed by atoms with Crippen LogP contribution in [0.25, 0.3) is 0 Å². The Kier molecular flexibility index (Phi) is 2.81. The molecule has 0 spiro atoms. The zero-order valence-electron chi connectivity index (χ0n) is 9.80. The summed E-state index contributed by atoms with van der Waals surface area (Å²) in [4.78, 5) is 0. The molecule has 2 rings (SSSR count). The molecule has 2 N–H and O–H groups in total. The molecular weight excluding hydrogens is 184 g/mol. The highest BCUT2D eigenvalue weighted by atomic mass is 15.1. The minimum atomic E-state index is 0.0676. The fourth-order valence-electron chi connectivity index (χ4n) is 2.25. The first-order valence-electron chi connectivity index (χ1n) is 5.64. The third-order valence-corrected chi connectivity index (χ3v) is 3.16. The summed E-state index contributed by atoms with van der Waals surface area (Å²) in [7, 11) is 0. The molecule has 1 fully saturated rings. The Morgan fingerprint density at radius 1 is 1.27 bits per heavy atom. The molecule has 2 nitrogen and oxygen atoms in total. The molecule has 1 aromatic carbocycles. The Balaban J connectivity index is 2.16. The average Bonchev–Trinajstić information content (AvgIpc) is 2.12. The second kappa shape index (κ2) is 3.95. The van der Waals surface area contributed by atoms with Gasteiger partial charge in [0.05, 0.1) is 0 Å². The molecule has 0 atom stereocenters. The van der Waals surface area contributed by atoms with Crippen LogP contribution in [0.1, 0.15) is 25.0 Å². The maximum atomic E-state index is 3.69. The minimum absolute atomic E-state index is 0.0676. The van der Waals surface area contributed by atoms with Crippen molar-refractivity contribution in [1.29, 1.82) is 0 Å². The van der Waals surface area contributed by atoms with Crippen molar-refractivity contribution in [2.75, 3.05) is 13.1 Å². The monoisotopic (exact) mass is 204 g/mol. The summed E-state index contributed by atoms with van der Waals surface area (Å²) in [5.74, 6) is 0. The molecule has 0 amide bonds. The van der Waals surface area contributed by atoms with Crippen LogP contribution in [0.5, 0.6) is 0 Å². The lowest BCUT2D eigenvalue weighted by atomic mass is 9.89. The standard InChI is InChI=1S/C13H20N2/c1-10-6-4-5-7-12(10)13(2,3)15-11-8-14-9-11/h4-7,11,14-15H,8-9H2,1-3H3. The number of hydrogen-bond acceptors (Lipinski definition) is 2. The van der Waals surface area contributed by atoms with E-state index in [9.17, 15) is 0 Å². The van der Waals surface area contributed by atoms with E-state index in [1.54, 1.807) is 0 Å². The van der Waals surface area contributed by atoms with Crippen LogP contribution in [0.15, 0.2) is 24.3 Å². The van der Waals surface area contributed by atoms with Gasteiger partial charge in [0, 0.05) is 24.7 Å². The van der Waals surface area contributed by atoms with Gasteiger partial charge in [-0.25, -0.2) is 0 Å².